The minimum atomic E-state index is -0.367. The molecule has 154 valence electrons. The van der Waals surface area contributed by atoms with Crippen LogP contribution in [0.1, 0.15) is 27.0 Å². The summed E-state index contributed by atoms with van der Waals surface area (Å²) >= 11 is 12.4. The average Bonchev–Trinajstić information content (AvgIpc) is 2.74. The smallest absolute Gasteiger partial charge is 0.275 e. The lowest BCUT2D eigenvalue weighted by Gasteiger charge is -2.10. The number of rotatable bonds is 7. The van der Waals surface area contributed by atoms with Crippen LogP contribution in [0.15, 0.2) is 65.8 Å². The van der Waals surface area contributed by atoms with Crippen molar-refractivity contribution in [1.82, 2.24) is 5.43 Å². The zero-order valence-corrected chi connectivity index (χ0v) is 18.0. The maximum atomic E-state index is 12.3. The predicted octanol–water partition coefficient (Wildman–Crippen LogP) is 5.65. The number of amides is 1. The molecule has 0 aliphatic rings. The number of halogens is 2. The Bertz CT molecular complexity index is 1080. The van der Waals surface area contributed by atoms with Crippen molar-refractivity contribution in [1.29, 1.82) is 0 Å². The van der Waals surface area contributed by atoms with E-state index in [1.54, 1.807) is 30.3 Å². The molecule has 0 saturated carbocycles. The standard InChI is InChI=1S/C23H20Cl2N2O3/c1-15-7-9-18(22(11-15)29-2)23(28)27-26-13-16-8-10-21(20(25)12-16)30-14-17-5-3-4-6-19(17)24/h3-13H,14H2,1-2H3,(H,27,28)/b26-13-. The van der Waals surface area contributed by atoms with Gasteiger partial charge in [0.15, 0.2) is 0 Å². The summed E-state index contributed by atoms with van der Waals surface area (Å²) in [6.45, 7) is 2.23. The lowest BCUT2D eigenvalue weighted by molar-refractivity contribution is 0.0952. The van der Waals surface area contributed by atoms with E-state index >= 15 is 0 Å². The minimum Gasteiger partial charge on any atom is -0.496 e. The number of benzene rings is 3. The SMILES string of the molecule is COc1cc(C)ccc1C(=O)N/N=C\c1ccc(OCc2ccccc2Cl)c(Cl)c1. The van der Waals surface area contributed by atoms with Crippen molar-refractivity contribution in [2.75, 3.05) is 7.11 Å². The quantitative estimate of drug-likeness (QED) is 0.379. The second kappa shape index (κ2) is 10.1. The predicted molar refractivity (Wildman–Crippen MR) is 120 cm³/mol. The Hall–Kier alpha value is -3.02. The fourth-order valence-electron chi connectivity index (χ4n) is 2.70. The van der Waals surface area contributed by atoms with Crippen molar-refractivity contribution < 1.29 is 14.3 Å². The van der Waals surface area contributed by atoms with Crippen molar-refractivity contribution in [2.24, 2.45) is 5.10 Å². The molecule has 3 aromatic rings. The maximum absolute atomic E-state index is 12.3. The highest BCUT2D eigenvalue weighted by Crippen LogP contribution is 2.27. The second-order valence-electron chi connectivity index (χ2n) is 6.47. The molecule has 3 rings (SSSR count). The Morgan fingerprint density at radius 3 is 2.57 bits per heavy atom. The largest absolute Gasteiger partial charge is 0.496 e. The molecule has 5 nitrogen and oxygen atoms in total. The first kappa shape index (κ1) is 21.7. The Balaban J connectivity index is 1.62. The Kier molecular flexibility index (Phi) is 7.33. The number of hydrogen-bond acceptors (Lipinski definition) is 4. The summed E-state index contributed by atoms with van der Waals surface area (Å²) in [6.07, 6.45) is 1.50. The molecule has 0 spiro atoms. The molecule has 0 aliphatic carbocycles. The van der Waals surface area contributed by atoms with E-state index in [1.165, 1.54) is 13.3 Å². The van der Waals surface area contributed by atoms with Crippen molar-refractivity contribution in [3.63, 3.8) is 0 Å². The van der Waals surface area contributed by atoms with Gasteiger partial charge in [-0.15, -0.1) is 0 Å². The van der Waals surface area contributed by atoms with Gasteiger partial charge in [0.25, 0.3) is 5.91 Å². The average molecular weight is 443 g/mol. The van der Waals surface area contributed by atoms with E-state index in [9.17, 15) is 4.79 Å². The van der Waals surface area contributed by atoms with E-state index in [-0.39, 0.29) is 5.91 Å². The van der Waals surface area contributed by atoms with E-state index in [4.69, 9.17) is 32.7 Å². The number of nitrogens with one attached hydrogen (secondary N) is 1. The molecule has 0 fully saturated rings. The van der Waals surface area contributed by atoms with Crippen LogP contribution in [-0.4, -0.2) is 19.2 Å². The topological polar surface area (TPSA) is 59.9 Å². The molecule has 0 unspecified atom stereocenters. The molecule has 1 amide bonds. The first-order valence-corrected chi connectivity index (χ1v) is 9.87. The summed E-state index contributed by atoms with van der Waals surface area (Å²) < 4.78 is 11.0. The number of carbonyl (C=O) groups excluding carboxylic acids is 1. The number of ether oxygens (including phenoxy) is 2. The number of hydrazone groups is 1. The van der Waals surface area contributed by atoms with E-state index in [2.05, 4.69) is 10.5 Å². The minimum absolute atomic E-state index is 0.307. The summed E-state index contributed by atoms with van der Waals surface area (Å²) in [5, 5.41) is 5.06. The molecule has 0 heterocycles. The van der Waals surface area contributed by atoms with Gasteiger partial charge in [0.2, 0.25) is 0 Å². The van der Waals surface area contributed by atoms with Crippen molar-refractivity contribution in [2.45, 2.75) is 13.5 Å². The zero-order valence-electron chi connectivity index (χ0n) is 16.5. The Labute approximate surface area is 185 Å². The lowest BCUT2D eigenvalue weighted by Crippen LogP contribution is -2.18. The number of methoxy groups -OCH3 is 1. The van der Waals surface area contributed by atoms with Crippen LogP contribution in [0.5, 0.6) is 11.5 Å². The van der Waals surface area contributed by atoms with Gasteiger partial charge in [-0.3, -0.25) is 4.79 Å². The number of nitrogens with zero attached hydrogens (tertiary/aromatic N) is 1. The fourth-order valence-corrected chi connectivity index (χ4v) is 3.13. The normalized spacial score (nSPS) is 10.8. The van der Waals surface area contributed by atoms with Gasteiger partial charge in [0.05, 0.1) is 23.9 Å². The molecule has 1 N–H and O–H groups in total. The molecule has 0 aromatic heterocycles. The van der Waals surface area contributed by atoms with Crippen molar-refractivity contribution in [3.05, 3.63) is 93.0 Å². The molecule has 30 heavy (non-hydrogen) atoms. The third-order valence-electron chi connectivity index (χ3n) is 4.28. The zero-order chi connectivity index (χ0) is 21.5. The molecule has 0 aliphatic heterocycles. The molecule has 0 bridgehead atoms. The molecule has 7 heteroatoms. The first-order chi connectivity index (χ1) is 14.5. The first-order valence-electron chi connectivity index (χ1n) is 9.11. The third kappa shape index (κ3) is 5.53. The van der Waals surface area contributed by atoms with Gasteiger partial charge in [-0.2, -0.15) is 5.10 Å². The van der Waals surface area contributed by atoms with Crippen LogP contribution in [0.3, 0.4) is 0 Å². The van der Waals surface area contributed by atoms with Crippen LogP contribution in [0.25, 0.3) is 0 Å². The Morgan fingerprint density at radius 2 is 1.83 bits per heavy atom. The number of aryl methyl sites for hydroxylation is 1. The fraction of sp³-hybridized carbons (Fsp3) is 0.130. The second-order valence-corrected chi connectivity index (χ2v) is 7.29. The van der Waals surface area contributed by atoms with Gasteiger partial charge >= 0.3 is 0 Å². The lowest BCUT2D eigenvalue weighted by atomic mass is 10.1. The summed E-state index contributed by atoms with van der Waals surface area (Å²) in [5.41, 5.74) is 5.47. The van der Waals surface area contributed by atoms with Gasteiger partial charge in [0, 0.05) is 10.6 Å². The van der Waals surface area contributed by atoms with Gasteiger partial charge in [-0.1, -0.05) is 47.5 Å². The molecule has 0 atom stereocenters. The number of hydrogen-bond donors (Lipinski definition) is 1. The number of carbonyl (C=O) groups is 1. The maximum Gasteiger partial charge on any atom is 0.275 e. The van der Waals surface area contributed by atoms with E-state index in [0.717, 1.165) is 11.1 Å². The van der Waals surface area contributed by atoms with Crippen LogP contribution in [0.4, 0.5) is 0 Å². The monoisotopic (exact) mass is 442 g/mol. The molecular weight excluding hydrogens is 423 g/mol. The Morgan fingerprint density at radius 1 is 1.03 bits per heavy atom. The summed E-state index contributed by atoms with van der Waals surface area (Å²) in [4.78, 5) is 12.3. The molecule has 3 aromatic carbocycles. The van der Waals surface area contributed by atoms with Crippen LogP contribution in [0, 0.1) is 6.92 Å². The van der Waals surface area contributed by atoms with Gasteiger partial charge in [-0.25, -0.2) is 5.43 Å². The highest BCUT2D eigenvalue weighted by molar-refractivity contribution is 6.32. The van der Waals surface area contributed by atoms with Crippen molar-refractivity contribution >= 4 is 35.3 Å². The van der Waals surface area contributed by atoms with Crippen LogP contribution in [0.2, 0.25) is 10.0 Å². The summed E-state index contributed by atoms with van der Waals surface area (Å²) in [5.74, 6) is 0.654. The molecule has 0 saturated heterocycles. The van der Waals surface area contributed by atoms with Crippen molar-refractivity contribution in [3.8, 4) is 11.5 Å². The highest BCUT2D eigenvalue weighted by Gasteiger charge is 2.11. The van der Waals surface area contributed by atoms with Gasteiger partial charge < -0.3 is 9.47 Å². The summed E-state index contributed by atoms with van der Waals surface area (Å²) in [6, 6.07) is 18.0. The van der Waals surface area contributed by atoms with Crippen LogP contribution < -0.4 is 14.9 Å². The van der Waals surface area contributed by atoms with Gasteiger partial charge in [-0.05, 0) is 54.4 Å². The van der Waals surface area contributed by atoms with E-state index in [1.807, 2.05) is 37.3 Å². The van der Waals surface area contributed by atoms with E-state index < -0.39 is 0 Å². The van der Waals surface area contributed by atoms with Crippen LogP contribution >= 0.6 is 23.2 Å². The molecular formula is C23H20Cl2N2O3. The summed E-state index contributed by atoms with van der Waals surface area (Å²) in [7, 11) is 1.52. The van der Waals surface area contributed by atoms with Crippen LogP contribution in [-0.2, 0) is 6.61 Å². The third-order valence-corrected chi connectivity index (χ3v) is 4.94. The highest BCUT2D eigenvalue weighted by atomic mass is 35.5. The van der Waals surface area contributed by atoms with E-state index in [0.29, 0.717) is 39.3 Å². The van der Waals surface area contributed by atoms with Gasteiger partial charge in [0.1, 0.15) is 18.1 Å². The molecule has 0 radical (unpaired) electrons.